The summed E-state index contributed by atoms with van der Waals surface area (Å²) in [5.74, 6) is -1.50. The number of thioether (sulfide) groups is 1. The molecule has 0 bridgehead atoms. The van der Waals surface area contributed by atoms with Crippen LogP contribution in [0, 0.1) is 6.92 Å². The lowest BCUT2D eigenvalue weighted by atomic mass is 10.0. The first-order valence-corrected chi connectivity index (χ1v) is 8.96. The molecule has 1 fully saturated rings. The van der Waals surface area contributed by atoms with E-state index >= 15 is 0 Å². The van der Waals surface area contributed by atoms with Crippen molar-refractivity contribution in [2.45, 2.75) is 25.3 Å². The van der Waals surface area contributed by atoms with Crippen molar-refractivity contribution in [1.29, 1.82) is 0 Å². The molecule has 1 aromatic heterocycles. The zero-order valence-corrected chi connectivity index (χ0v) is 15.6. The summed E-state index contributed by atoms with van der Waals surface area (Å²) < 4.78 is 2.14. The molecule has 128 valence electrons. The van der Waals surface area contributed by atoms with E-state index in [-0.39, 0.29) is 11.4 Å². The highest BCUT2D eigenvalue weighted by atomic mass is 79.9. The molecule has 0 saturated carbocycles. The summed E-state index contributed by atoms with van der Waals surface area (Å²) in [5, 5.41) is 15.7. The second-order valence-corrected chi connectivity index (χ2v) is 7.56. The third kappa shape index (κ3) is 2.44. The van der Waals surface area contributed by atoms with Crippen LogP contribution in [0.3, 0.4) is 0 Å². The Kier molecular flexibility index (Phi) is 4.20. The minimum atomic E-state index is -1.13. The lowest BCUT2D eigenvalue weighted by molar-refractivity contribution is -0.148. The summed E-state index contributed by atoms with van der Waals surface area (Å²) in [6.45, 7) is 3.51. The van der Waals surface area contributed by atoms with Gasteiger partial charge in [-0.15, -0.1) is 11.8 Å². The normalized spacial score (nSPS) is 23.0. The number of carboxylic acids is 1. The van der Waals surface area contributed by atoms with Gasteiger partial charge in [-0.25, -0.2) is 4.79 Å². The van der Waals surface area contributed by atoms with Gasteiger partial charge in [-0.05, 0) is 35.4 Å². The Hall–Kier alpha value is -1.81. The molecule has 3 rings (SSSR count). The number of aryl methyl sites for hydroxylation is 1. The highest BCUT2D eigenvalue weighted by molar-refractivity contribution is 9.10. The van der Waals surface area contributed by atoms with Gasteiger partial charge in [0.25, 0.3) is 11.8 Å². The number of hydrogen-bond donors (Lipinski definition) is 2. The second-order valence-electron chi connectivity index (χ2n) is 5.67. The van der Waals surface area contributed by atoms with Crippen molar-refractivity contribution in [1.82, 2.24) is 20.0 Å². The molecule has 0 spiro atoms. The van der Waals surface area contributed by atoms with E-state index in [2.05, 4.69) is 26.3 Å². The fourth-order valence-electron chi connectivity index (χ4n) is 2.71. The largest absolute Gasteiger partial charge is 0.477 e. The van der Waals surface area contributed by atoms with Gasteiger partial charge >= 0.3 is 5.97 Å². The van der Waals surface area contributed by atoms with Crippen molar-refractivity contribution < 1.29 is 19.5 Å². The van der Waals surface area contributed by atoms with E-state index < -0.39 is 29.2 Å². The van der Waals surface area contributed by atoms with Gasteiger partial charge in [0, 0.05) is 12.8 Å². The van der Waals surface area contributed by atoms with Crippen LogP contribution < -0.4 is 5.32 Å². The maximum atomic E-state index is 12.4. The number of nitrogens with zero attached hydrogens (tertiary/aromatic N) is 3. The summed E-state index contributed by atoms with van der Waals surface area (Å²) in [6.07, 6.45) is 0. The molecule has 24 heavy (non-hydrogen) atoms. The highest BCUT2D eigenvalue weighted by Crippen LogP contribution is 2.40. The van der Waals surface area contributed by atoms with Crippen LogP contribution in [0.1, 0.15) is 23.1 Å². The molecule has 3 heterocycles. The van der Waals surface area contributed by atoms with Gasteiger partial charge < -0.3 is 10.4 Å². The Labute approximate surface area is 150 Å². The Bertz CT molecular complexity index is 803. The molecule has 2 amide bonds. The number of nitrogens with one attached hydrogen (secondary N) is 1. The summed E-state index contributed by atoms with van der Waals surface area (Å²) in [7, 11) is 1.72. The second kappa shape index (κ2) is 5.92. The molecular formula is C14H15BrN4O4S. The number of aliphatic carboxylic acids is 1. The monoisotopic (exact) mass is 414 g/mol. The number of β-lactam (4-membered cyclic amide) rings is 1. The molecule has 2 aliphatic heterocycles. The van der Waals surface area contributed by atoms with Crippen LogP contribution in [0.5, 0.6) is 0 Å². The molecule has 1 saturated heterocycles. The minimum absolute atomic E-state index is 0.0177. The van der Waals surface area contributed by atoms with Crippen molar-refractivity contribution in [3.63, 3.8) is 0 Å². The number of carbonyl (C=O) groups is 3. The van der Waals surface area contributed by atoms with Crippen LogP contribution in [0.25, 0.3) is 0 Å². The summed E-state index contributed by atoms with van der Waals surface area (Å²) in [4.78, 5) is 37.4. The summed E-state index contributed by atoms with van der Waals surface area (Å²) in [5.41, 5.74) is 1.65. The SMILES string of the molecule is CC1=C(C(=O)O)N2C(=O)[C@@H](NC(=O)c3nn(C)c(C)c3Br)[C@H]2SC1. The third-order valence-corrected chi connectivity index (χ3v) is 6.50. The topological polar surface area (TPSA) is 105 Å². The zero-order valence-electron chi connectivity index (χ0n) is 13.2. The van der Waals surface area contributed by atoms with Crippen LogP contribution in [0.2, 0.25) is 0 Å². The van der Waals surface area contributed by atoms with Crippen molar-refractivity contribution in [2.75, 3.05) is 5.75 Å². The van der Waals surface area contributed by atoms with E-state index in [9.17, 15) is 19.5 Å². The Morgan fingerprint density at radius 2 is 2.08 bits per heavy atom. The Morgan fingerprint density at radius 1 is 1.42 bits per heavy atom. The van der Waals surface area contributed by atoms with Gasteiger partial charge in [-0.1, -0.05) is 0 Å². The first-order chi connectivity index (χ1) is 11.2. The maximum absolute atomic E-state index is 12.4. The first kappa shape index (κ1) is 17.0. The molecule has 8 nitrogen and oxygen atoms in total. The molecule has 0 aliphatic carbocycles. The molecule has 2 N–H and O–H groups in total. The fraction of sp³-hybridized carbons (Fsp3) is 0.429. The molecule has 2 aliphatic rings. The maximum Gasteiger partial charge on any atom is 0.352 e. The van der Waals surface area contributed by atoms with Crippen molar-refractivity contribution in [2.24, 2.45) is 7.05 Å². The average molecular weight is 415 g/mol. The number of fused-ring (bicyclic) bond motifs is 1. The van der Waals surface area contributed by atoms with Crippen LogP contribution in [0.15, 0.2) is 15.7 Å². The Morgan fingerprint density at radius 3 is 2.62 bits per heavy atom. The van der Waals surface area contributed by atoms with E-state index in [1.54, 1.807) is 18.7 Å². The zero-order chi connectivity index (χ0) is 17.8. The number of carboxylic acid groups (broad SMARTS) is 1. The van der Waals surface area contributed by atoms with Crippen LogP contribution in [0.4, 0.5) is 0 Å². The average Bonchev–Trinajstić information content (AvgIpc) is 2.79. The first-order valence-electron chi connectivity index (χ1n) is 7.11. The van der Waals surface area contributed by atoms with E-state index in [1.807, 2.05) is 6.92 Å². The number of rotatable bonds is 3. The lowest BCUT2D eigenvalue weighted by Gasteiger charge is -2.49. The van der Waals surface area contributed by atoms with Crippen molar-refractivity contribution in [3.8, 4) is 0 Å². The molecule has 0 aromatic carbocycles. The standard InChI is InChI=1S/C14H15BrN4O4S/c1-5-4-24-13-9(12(21)19(13)10(5)14(22)23)16-11(20)8-7(15)6(2)18(3)17-8/h9,13H,4H2,1-3H3,(H,16,20)(H,22,23)/t9-,13-/m1/s1. The Balaban J connectivity index is 1.79. The van der Waals surface area contributed by atoms with E-state index in [0.29, 0.717) is 15.8 Å². The van der Waals surface area contributed by atoms with E-state index in [4.69, 9.17) is 0 Å². The lowest BCUT2D eigenvalue weighted by Crippen LogP contribution is -2.70. The van der Waals surface area contributed by atoms with Gasteiger partial charge in [-0.3, -0.25) is 19.2 Å². The van der Waals surface area contributed by atoms with E-state index in [1.165, 1.54) is 16.7 Å². The van der Waals surface area contributed by atoms with Crippen LogP contribution in [-0.2, 0) is 16.6 Å². The predicted molar refractivity (Wildman–Crippen MR) is 90.3 cm³/mol. The predicted octanol–water partition coefficient (Wildman–Crippen LogP) is 0.863. The highest BCUT2D eigenvalue weighted by Gasteiger charge is 2.53. The molecule has 1 aromatic rings. The molecule has 2 atom stereocenters. The number of carbonyl (C=O) groups excluding carboxylic acids is 2. The minimum Gasteiger partial charge on any atom is -0.477 e. The van der Waals surface area contributed by atoms with Gasteiger partial charge in [-0.2, -0.15) is 5.10 Å². The number of aromatic nitrogens is 2. The van der Waals surface area contributed by atoms with Crippen molar-refractivity contribution in [3.05, 3.63) is 27.1 Å². The number of hydrogen-bond acceptors (Lipinski definition) is 5. The molecule has 10 heteroatoms. The van der Waals surface area contributed by atoms with Crippen LogP contribution in [-0.4, -0.2) is 54.7 Å². The van der Waals surface area contributed by atoms with Crippen LogP contribution >= 0.6 is 27.7 Å². The van der Waals surface area contributed by atoms with Crippen molar-refractivity contribution >= 4 is 45.5 Å². The summed E-state index contributed by atoms with van der Waals surface area (Å²) >= 11 is 4.76. The third-order valence-electron chi connectivity index (χ3n) is 4.12. The van der Waals surface area contributed by atoms with Gasteiger partial charge in [0.15, 0.2) is 5.69 Å². The fourth-order valence-corrected chi connectivity index (χ4v) is 4.52. The quantitative estimate of drug-likeness (QED) is 0.710. The molecule has 0 radical (unpaired) electrons. The number of amides is 2. The van der Waals surface area contributed by atoms with Gasteiger partial charge in [0.2, 0.25) is 0 Å². The molecular weight excluding hydrogens is 400 g/mol. The van der Waals surface area contributed by atoms with E-state index in [0.717, 1.165) is 5.69 Å². The smallest absolute Gasteiger partial charge is 0.352 e. The van der Waals surface area contributed by atoms with Gasteiger partial charge in [0.05, 0.1) is 10.2 Å². The molecule has 0 unspecified atom stereocenters. The van der Waals surface area contributed by atoms with Gasteiger partial charge in [0.1, 0.15) is 17.1 Å². The number of halogens is 1. The summed E-state index contributed by atoms with van der Waals surface area (Å²) in [6, 6.07) is -0.751.